The molecule has 0 aliphatic rings. The second kappa shape index (κ2) is 11.3. The number of carbonyl (C=O) groups is 1. The van der Waals surface area contributed by atoms with Crippen LogP contribution in [0.3, 0.4) is 0 Å². The van der Waals surface area contributed by atoms with E-state index in [1.807, 2.05) is 6.07 Å². The minimum Gasteiger partial charge on any atom is -0.381 e. The SMILES string of the molecule is CCCCOCCCN(CCC#N)C(=O)C(C)Cl. The summed E-state index contributed by atoms with van der Waals surface area (Å²) >= 11 is 5.78. The molecule has 0 aromatic carbocycles. The van der Waals surface area contributed by atoms with Gasteiger partial charge in [-0.2, -0.15) is 5.26 Å². The van der Waals surface area contributed by atoms with Crippen molar-refractivity contribution >= 4 is 17.5 Å². The van der Waals surface area contributed by atoms with E-state index in [-0.39, 0.29) is 5.91 Å². The fourth-order valence-electron chi connectivity index (χ4n) is 1.47. The molecule has 0 aromatic rings. The molecule has 0 bridgehead atoms. The summed E-state index contributed by atoms with van der Waals surface area (Å²) in [6.45, 7) is 6.24. The first-order valence-corrected chi connectivity index (χ1v) is 6.94. The number of nitriles is 1. The van der Waals surface area contributed by atoms with Gasteiger partial charge in [0.1, 0.15) is 5.38 Å². The molecular weight excluding hydrogens is 252 g/mol. The summed E-state index contributed by atoms with van der Waals surface area (Å²) in [5.41, 5.74) is 0. The minimum absolute atomic E-state index is 0.111. The van der Waals surface area contributed by atoms with Gasteiger partial charge in [0.2, 0.25) is 5.91 Å². The maximum Gasteiger partial charge on any atom is 0.240 e. The first kappa shape index (κ1) is 17.2. The highest BCUT2D eigenvalue weighted by Gasteiger charge is 2.17. The normalized spacial score (nSPS) is 11.9. The topological polar surface area (TPSA) is 53.3 Å². The fraction of sp³-hybridized carbons (Fsp3) is 0.846. The van der Waals surface area contributed by atoms with Crippen molar-refractivity contribution in [3.8, 4) is 6.07 Å². The first-order valence-electron chi connectivity index (χ1n) is 6.51. The van der Waals surface area contributed by atoms with E-state index in [9.17, 15) is 4.79 Å². The Morgan fingerprint density at radius 2 is 2.06 bits per heavy atom. The summed E-state index contributed by atoms with van der Waals surface area (Å²) in [6, 6.07) is 2.04. The highest BCUT2D eigenvalue weighted by Crippen LogP contribution is 2.04. The molecule has 0 radical (unpaired) electrons. The van der Waals surface area contributed by atoms with E-state index in [2.05, 4.69) is 6.92 Å². The van der Waals surface area contributed by atoms with Crippen molar-refractivity contribution in [3.63, 3.8) is 0 Å². The van der Waals surface area contributed by atoms with Crippen molar-refractivity contribution in [2.45, 2.75) is 44.9 Å². The smallest absolute Gasteiger partial charge is 0.240 e. The van der Waals surface area contributed by atoms with Gasteiger partial charge in [0.05, 0.1) is 12.5 Å². The molecule has 0 spiro atoms. The predicted molar refractivity (Wildman–Crippen MR) is 72.5 cm³/mol. The molecule has 1 atom stereocenters. The largest absolute Gasteiger partial charge is 0.381 e. The van der Waals surface area contributed by atoms with Crippen LogP contribution in [-0.4, -0.2) is 42.5 Å². The quantitative estimate of drug-likeness (QED) is 0.454. The lowest BCUT2D eigenvalue weighted by atomic mass is 10.3. The molecular formula is C13H23ClN2O2. The molecule has 0 N–H and O–H groups in total. The van der Waals surface area contributed by atoms with Gasteiger partial charge in [-0.15, -0.1) is 11.6 Å². The van der Waals surface area contributed by atoms with Crippen LogP contribution in [0.15, 0.2) is 0 Å². The van der Waals surface area contributed by atoms with E-state index < -0.39 is 5.38 Å². The molecule has 5 heteroatoms. The Morgan fingerprint density at radius 1 is 1.39 bits per heavy atom. The lowest BCUT2D eigenvalue weighted by Crippen LogP contribution is -2.37. The van der Waals surface area contributed by atoms with Crippen LogP contribution in [0.25, 0.3) is 0 Å². The highest BCUT2D eigenvalue weighted by atomic mass is 35.5. The third kappa shape index (κ3) is 8.32. The second-order valence-electron chi connectivity index (χ2n) is 4.17. The van der Waals surface area contributed by atoms with E-state index in [0.717, 1.165) is 25.9 Å². The summed E-state index contributed by atoms with van der Waals surface area (Å²) in [5.74, 6) is -0.111. The zero-order valence-electron chi connectivity index (χ0n) is 11.3. The highest BCUT2D eigenvalue weighted by molar-refractivity contribution is 6.30. The number of unbranched alkanes of at least 4 members (excludes halogenated alkanes) is 1. The summed E-state index contributed by atoms with van der Waals surface area (Å²) in [4.78, 5) is 13.4. The van der Waals surface area contributed by atoms with Crippen molar-refractivity contribution in [2.75, 3.05) is 26.3 Å². The number of nitrogens with zero attached hydrogens (tertiary/aromatic N) is 2. The molecule has 18 heavy (non-hydrogen) atoms. The number of carbonyl (C=O) groups excluding carboxylic acids is 1. The van der Waals surface area contributed by atoms with E-state index >= 15 is 0 Å². The lowest BCUT2D eigenvalue weighted by Gasteiger charge is -2.22. The molecule has 1 amide bonds. The van der Waals surface area contributed by atoms with Crippen molar-refractivity contribution < 1.29 is 9.53 Å². The van der Waals surface area contributed by atoms with Gasteiger partial charge in [0.25, 0.3) is 0 Å². The van der Waals surface area contributed by atoms with Crippen LogP contribution >= 0.6 is 11.6 Å². The van der Waals surface area contributed by atoms with Crippen LogP contribution in [-0.2, 0) is 9.53 Å². The van der Waals surface area contributed by atoms with Crippen LogP contribution in [0, 0.1) is 11.3 Å². The summed E-state index contributed by atoms with van der Waals surface area (Å²) in [6.07, 6.45) is 3.31. The molecule has 4 nitrogen and oxygen atoms in total. The summed E-state index contributed by atoms with van der Waals surface area (Å²) in [5, 5.41) is 8.02. The fourth-order valence-corrected chi connectivity index (χ4v) is 1.61. The molecule has 0 fully saturated rings. The maximum absolute atomic E-state index is 11.8. The van der Waals surface area contributed by atoms with Crippen LogP contribution in [0.2, 0.25) is 0 Å². The summed E-state index contributed by atoms with van der Waals surface area (Å²) < 4.78 is 5.43. The third-order valence-corrected chi connectivity index (χ3v) is 2.69. The number of rotatable bonds is 10. The number of halogens is 1. The molecule has 0 rings (SSSR count). The van der Waals surface area contributed by atoms with Crippen LogP contribution in [0.4, 0.5) is 0 Å². The Labute approximate surface area is 115 Å². The maximum atomic E-state index is 11.8. The minimum atomic E-state index is -0.537. The molecule has 104 valence electrons. The molecule has 0 aliphatic carbocycles. The monoisotopic (exact) mass is 274 g/mol. The molecule has 0 heterocycles. The van der Waals surface area contributed by atoms with Gasteiger partial charge in [-0.1, -0.05) is 13.3 Å². The predicted octanol–water partition coefficient (Wildman–Crippen LogP) is 2.56. The molecule has 0 saturated carbocycles. The Morgan fingerprint density at radius 3 is 2.61 bits per heavy atom. The van der Waals surface area contributed by atoms with Gasteiger partial charge < -0.3 is 9.64 Å². The van der Waals surface area contributed by atoms with Gasteiger partial charge in [-0.05, 0) is 19.8 Å². The van der Waals surface area contributed by atoms with Crippen LogP contribution in [0.1, 0.15) is 39.5 Å². The summed E-state index contributed by atoms with van der Waals surface area (Å²) in [7, 11) is 0. The molecule has 0 aliphatic heterocycles. The Kier molecular flexibility index (Phi) is 10.8. The van der Waals surface area contributed by atoms with Gasteiger partial charge in [0, 0.05) is 26.3 Å². The average Bonchev–Trinajstić information content (AvgIpc) is 2.36. The Balaban J connectivity index is 3.87. The van der Waals surface area contributed by atoms with E-state index in [0.29, 0.717) is 26.1 Å². The third-order valence-electron chi connectivity index (χ3n) is 2.50. The number of hydrogen-bond acceptors (Lipinski definition) is 3. The van der Waals surface area contributed by atoms with Gasteiger partial charge in [0.15, 0.2) is 0 Å². The Bertz CT molecular complexity index is 264. The number of ether oxygens (including phenoxy) is 1. The first-order chi connectivity index (χ1) is 8.63. The number of amides is 1. The van der Waals surface area contributed by atoms with E-state index in [4.69, 9.17) is 21.6 Å². The lowest BCUT2D eigenvalue weighted by molar-refractivity contribution is -0.130. The molecule has 1 unspecified atom stereocenters. The molecule has 0 saturated heterocycles. The van der Waals surface area contributed by atoms with Crippen molar-refractivity contribution in [2.24, 2.45) is 0 Å². The molecule has 0 aromatic heterocycles. The van der Waals surface area contributed by atoms with E-state index in [1.165, 1.54) is 0 Å². The van der Waals surface area contributed by atoms with E-state index in [1.54, 1.807) is 11.8 Å². The zero-order valence-corrected chi connectivity index (χ0v) is 12.1. The van der Waals surface area contributed by atoms with Gasteiger partial charge in [-0.25, -0.2) is 0 Å². The second-order valence-corrected chi connectivity index (χ2v) is 4.82. The van der Waals surface area contributed by atoms with Crippen LogP contribution < -0.4 is 0 Å². The number of hydrogen-bond donors (Lipinski definition) is 0. The number of alkyl halides is 1. The van der Waals surface area contributed by atoms with Crippen molar-refractivity contribution in [1.82, 2.24) is 4.90 Å². The van der Waals surface area contributed by atoms with Crippen molar-refractivity contribution in [1.29, 1.82) is 5.26 Å². The van der Waals surface area contributed by atoms with Crippen molar-refractivity contribution in [3.05, 3.63) is 0 Å². The average molecular weight is 275 g/mol. The van der Waals surface area contributed by atoms with Crippen LogP contribution in [0.5, 0.6) is 0 Å². The standard InChI is InChI=1S/C13H23ClN2O2/c1-3-4-10-18-11-6-9-16(8-5-7-15)13(17)12(2)14/h12H,3-6,8-11H2,1-2H3. The van der Waals surface area contributed by atoms with Gasteiger partial charge >= 0.3 is 0 Å². The van der Waals surface area contributed by atoms with Gasteiger partial charge in [-0.3, -0.25) is 4.79 Å². The Hall–Kier alpha value is -0.790. The zero-order chi connectivity index (χ0) is 13.8.